The molecular formula is C32H35N5O7. The van der Waals surface area contributed by atoms with Crippen LogP contribution in [0.3, 0.4) is 0 Å². The van der Waals surface area contributed by atoms with Gasteiger partial charge in [0.25, 0.3) is 11.8 Å². The molecule has 1 saturated carbocycles. The summed E-state index contributed by atoms with van der Waals surface area (Å²) >= 11 is 0. The molecule has 1 saturated heterocycles. The summed E-state index contributed by atoms with van der Waals surface area (Å²) in [6.07, 6.45) is 1.65. The van der Waals surface area contributed by atoms with E-state index < -0.39 is 23.7 Å². The first kappa shape index (κ1) is 29.2. The number of carbonyl (C=O) groups excluding carboxylic acids is 3. The van der Waals surface area contributed by atoms with Gasteiger partial charge in [-0.15, -0.1) is 0 Å². The van der Waals surface area contributed by atoms with Gasteiger partial charge in [-0.05, 0) is 68.5 Å². The maximum atomic E-state index is 13.6. The van der Waals surface area contributed by atoms with E-state index in [4.69, 9.17) is 14.2 Å². The average Bonchev–Trinajstić information content (AvgIpc) is 3.75. The Hall–Kier alpha value is -4.87. The maximum Gasteiger partial charge on any atom is 0.348 e. The van der Waals surface area contributed by atoms with Gasteiger partial charge in [0.15, 0.2) is 6.61 Å². The van der Waals surface area contributed by atoms with Gasteiger partial charge >= 0.3 is 5.69 Å². The zero-order valence-electron chi connectivity index (χ0n) is 24.7. The van der Waals surface area contributed by atoms with Crippen LogP contribution in [0.2, 0.25) is 0 Å². The zero-order valence-corrected chi connectivity index (χ0v) is 24.7. The Morgan fingerprint density at radius 1 is 1.02 bits per heavy atom. The molecule has 0 radical (unpaired) electrons. The Morgan fingerprint density at radius 2 is 1.82 bits per heavy atom. The highest BCUT2D eigenvalue weighted by molar-refractivity contribution is 5.95. The minimum atomic E-state index is -0.567. The van der Waals surface area contributed by atoms with Crippen molar-refractivity contribution in [2.45, 2.75) is 51.9 Å². The topological polar surface area (TPSA) is 141 Å². The van der Waals surface area contributed by atoms with E-state index >= 15 is 0 Å². The molecule has 44 heavy (non-hydrogen) atoms. The minimum Gasteiger partial charge on any atom is -0.493 e. The fraction of sp³-hybridized carbons (Fsp3) is 0.406. The molecule has 230 valence electrons. The number of rotatable bonds is 5. The van der Waals surface area contributed by atoms with Crippen molar-refractivity contribution in [2.75, 3.05) is 26.3 Å². The number of aromatic nitrogens is 2. The molecule has 12 nitrogen and oxygen atoms in total. The van der Waals surface area contributed by atoms with E-state index in [0.29, 0.717) is 53.3 Å². The molecule has 2 fully saturated rings. The molecule has 7 rings (SSSR count). The van der Waals surface area contributed by atoms with Crippen molar-refractivity contribution in [2.24, 2.45) is 5.92 Å². The van der Waals surface area contributed by atoms with E-state index in [9.17, 15) is 19.2 Å². The number of aryl methyl sites for hydroxylation is 2. The maximum absolute atomic E-state index is 13.6. The van der Waals surface area contributed by atoms with Crippen molar-refractivity contribution >= 4 is 17.7 Å². The molecule has 2 N–H and O–H groups in total. The largest absolute Gasteiger partial charge is 0.493 e. The second-order valence-electron chi connectivity index (χ2n) is 11.6. The van der Waals surface area contributed by atoms with Gasteiger partial charge in [0.2, 0.25) is 5.91 Å². The first-order chi connectivity index (χ1) is 21.2. The highest BCUT2D eigenvalue weighted by Crippen LogP contribution is 2.31. The van der Waals surface area contributed by atoms with Gasteiger partial charge < -0.3 is 29.7 Å². The number of hydrogen-bond donors (Lipinski definition) is 2. The molecule has 3 aromatic rings. The van der Waals surface area contributed by atoms with Gasteiger partial charge in [0.05, 0.1) is 19.2 Å². The highest BCUT2D eigenvalue weighted by atomic mass is 16.5. The smallest absolute Gasteiger partial charge is 0.348 e. The Labute approximate surface area is 254 Å². The quantitative estimate of drug-likeness (QED) is 0.451. The summed E-state index contributed by atoms with van der Waals surface area (Å²) in [5, 5.41) is 5.87. The third-order valence-corrected chi connectivity index (χ3v) is 7.97. The molecule has 1 aromatic heterocycles. The van der Waals surface area contributed by atoms with Gasteiger partial charge in [0.1, 0.15) is 29.9 Å². The van der Waals surface area contributed by atoms with E-state index in [0.717, 1.165) is 18.4 Å². The third-order valence-electron chi connectivity index (χ3n) is 7.97. The van der Waals surface area contributed by atoms with Gasteiger partial charge in [-0.3, -0.25) is 19.0 Å². The van der Waals surface area contributed by atoms with Crippen LogP contribution in [0.4, 0.5) is 0 Å². The lowest BCUT2D eigenvalue weighted by molar-refractivity contribution is -0.131. The standard InChI is InChI=1S/C32H35N5O7/c1-19-9-20(2)37(32(41)34-19)16-30(39)36-14-27-28(15-36)44-24-7-5-21(6-8-24)13-33-29(38)18-43-26-11-23(31(40)35-27)10-25(12-26)42-17-22-3-4-22/h5-12,22,27-28H,3-4,13-18H2,1-2H3,(H,33,38)(H,35,40)/t27-,28-/m0/s1. The van der Waals surface area contributed by atoms with Crippen LogP contribution in [0, 0.1) is 19.8 Å². The number of likely N-dealkylation sites (tertiary alicyclic amines) is 1. The van der Waals surface area contributed by atoms with Crippen molar-refractivity contribution in [3.05, 3.63) is 81.5 Å². The van der Waals surface area contributed by atoms with Crippen LogP contribution >= 0.6 is 0 Å². The number of hydrogen-bond acceptors (Lipinski definition) is 8. The van der Waals surface area contributed by atoms with Gasteiger partial charge in [-0.1, -0.05) is 12.1 Å². The predicted octanol–water partition coefficient (Wildman–Crippen LogP) is 1.75. The minimum absolute atomic E-state index is 0.174. The molecule has 2 atom stereocenters. The van der Waals surface area contributed by atoms with Crippen LogP contribution in [0.1, 0.15) is 40.2 Å². The van der Waals surface area contributed by atoms with Crippen LogP contribution < -0.4 is 30.5 Å². The molecule has 2 aromatic carbocycles. The number of amides is 3. The van der Waals surface area contributed by atoms with E-state index in [1.54, 1.807) is 55.1 Å². The summed E-state index contributed by atoms with van der Waals surface area (Å²) in [6, 6.07) is 13.3. The van der Waals surface area contributed by atoms with E-state index in [-0.39, 0.29) is 38.1 Å². The molecule has 1 aliphatic carbocycles. The van der Waals surface area contributed by atoms with Gasteiger partial charge in [-0.2, -0.15) is 4.98 Å². The number of benzene rings is 2. The lowest BCUT2D eigenvalue weighted by Gasteiger charge is -2.21. The monoisotopic (exact) mass is 601 g/mol. The molecule has 4 heterocycles. The molecule has 4 bridgehead atoms. The Kier molecular flexibility index (Phi) is 8.23. The van der Waals surface area contributed by atoms with Gasteiger partial charge in [0, 0.05) is 36.1 Å². The Balaban J connectivity index is 1.27. The summed E-state index contributed by atoms with van der Waals surface area (Å²) in [7, 11) is 0. The SMILES string of the molecule is Cc1cc(C)n(CC(=O)N2C[C@@H]3NC(=O)c4cc(cc(OCC5CC5)c4)OCC(=O)NCc4ccc(cc4)O[C@H]3C2)c(=O)n1. The fourth-order valence-corrected chi connectivity index (χ4v) is 5.32. The molecule has 4 aliphatic rings. The van der Waals surface area contributed by atoms with Crippen molar-refractivity contribution < 1.29 is 28.6 Å². The van der Waals surface area contributed by atoms with Gasteiger partial charge in [-0.25, -0.2) is 4.79 Å². The highest BCUT2D eigenvalue weighted by Gasteiger charge is 2.38. The summed E-state index contributed by atoms with van der Waals surface area (Å²) in [5.74, 6) is 0.861. The van der Waals surface area contributed by atoms with E-state index in [1.165, 1.54) is 4.57 Å². The number of nitrogens with one attached hydrogen (secondary N) is 2. The number of fused-ring (bicyclic) bond motifs is 7. The lowest BCUT2D eigenvalue weighted by Crippen LogP contribution is -2.45. The number of ether oxygens (including phenoxy) is 3. The molecule has 3 amide bonds. The Bertz CT molecular complexity index is 1630. The summed E-state index contributed by atoms with van der Waals surface area (Å²) in [4.78, 5) is 57.6. The summed E-state index contributed by atoms with van der Waals surface area (Å²) < 4.78 is 19.4. The van der Waals surface area contributed by atoms with Crippen LogP contribution in [0.25, 0.3) is 0 Å². The predicted molar refractivity (Wildman–Crippen MR) is 159 cm³/mol. The Morgan fingerprint density at radius 3 is 2.57 bits per heavy atom. The van der Waals surface area contributed by atoms with Crippen LogP contribution in [-0.4, -0.2) is 70.6 Å². The molecule has 12 heteroatoms. The summed E-state index contributed by atoms with van der Waals surface area (Å²) in [6.45, 7) is 4.32. The van der Waals surface area contributed by atoms with Crippen molar-refractivity contribution in [1.82, 2.24) is 25.1 Å². The normalized spacial score (nSPS) is 20.1. The van der Waals surface area contributed by atoms with Crippen LogP contribution in [0.15, 0.2) is 53.3 Å². The number of carbonyl (C=O) groups is 3. The van der Waals surface area contributed by atoms with Crippen molar-refractivity contribution in [1.29, 1.82) is 0 Å². The third kappa shape index (κ3) is 7.01. The molecule has 0 spiro atoms. The van der Waals surface area contributed by atoms with Crippen molar-refractivity contribution in [3.63, 3.8) is 0 Å². The van der Waals surface area contributed by atoms with E-state index in [2.05, 4.69) is 15.6 Å². The molecule has 0 unspecified atom stereocenters. The first-order valence-corrected chi connectivity index (χ1v) is 14.8. The van der Waals surface area contributed by atoms with Crippen LogP contribution in [-0.2, 0) is 22.7 Å². The first-order valence-electron chi connectivity index (χ1n) is 14.8. The van der Waals surface area contributed by atoms with Crippen molar-refractivity contribution in [3.8, 4) is 17.2 Å². The second kappa shape index (κ2) is 12.4. The fourth-order valence-electron chi connectivity index (χ4n) is 5.32. The second-order valence-corrected chi connectivity index (χ2v) is 11.6. The number of nitrogens with zero attached hydrogens (tertiary/aromatic N) is 3. The molecule has 3 aliphatic heterocycles. The molecular weight excluding hydrogens is 566 g/mol. The van der Waals surface area contributed by atoms with E-state index in [1.807, 2.05) is 12.1 Å². The zero-order chi connectivity index (χ0) is 30.8. The lowest BCUT2D eigenvalue weighted by atomic mass is 10.1. The van der Waals surface area contributed by atoms with Crippen LogP contribution in [0.5, 0.6) is 17.2 Å². The average molecular weight is 602 g/mol. The summed E-state index contributed by atoms with van der Waals surface area (Å²) in [5.41, 5.74) is 1.90.